The molecule has 5 aliphatic heterocycles. The number of quaternary nitrogens is 1. The van der Waals surface area contributed by atoms with Crippen LogP contribution >= 0.6 is 0 Å². The Bertz CT molecular complexity index is 1040. The van der Waals surface area contributed by atoms with Crippen molar-refractivity contribution in [3.63, 3.8) is 0 Å². The standard InChI is InChI=1S/C27H33N2O2/c1-3-17-18-13-21-24-27(19-11-7-8-12-20(19)28(24)2)14-22(23(18)25(27)30)29(21,26(17)31)15-16-9-5-4-6-10-16/h4-12,17-18,21-26,30-31H,3,13-15H2,1-2H3/q+1/t17-,18?,21-,22-,23?,24-,25?,26+,27?,29-/m0/s1. The van der Waals surface area contributed by atoms with Gasteiger partial charge in [0.25, 0.3) is 0 Å². The monoisotopic (exact) mass is 417 g/mol. The molecule has 8 rings (SSSR count). The fraction of sp³-hybridized carbons (Fsp3) is 0.556. The van der Waals surface area contributed by atoms with E-state index in [1.165, 1.54) is 16.8 Å². The van der Waals surface area contributed by atoms with E-state index in [0.717, 1.165) is 30.3 Å². The van der Waals surface area contributed by atoms with Gasteiger partial charge >= 0.3 is 0 Å². The Morgan fingerprint density at radius 1 is 1.03 bits per heavy atom. The fourth-order valence-corrected chi connectivity index (χ4v) is 9.60. The summed E-state index contributed by atoms with van der Waals surface area (Å²) in [5.41, 5.74) is 3.78. The van der Waals surface area contributed by atoms with Crippen molar-refractivity contribution in [2.45, 2.75) is 68.6 Å². The number of aliphatic hydroxyl groups is 2. The molecule has 1 aliphatic carbocycles. The number of para-hydroxylation sites is 1. The number of aliphatic hydroxyl groups excluding tert-OH is 2. The molecule has 10 atom stereocenters. The average molecular weight is 418 g/mol. The third-order valence-electron chi connectivity index (χ3n) is 10.4. The molecule has 0 aromatic heterocycles. The van der Waals surface area contributed by atoms with E-state index < -0.39 is 0 Å². The van der Waals surface area contributed by atoms with Crippen LogP contribution in [0.2, 0.25) is 0 Å². The first-order chi connectivity index (χ1) is 15.1. The molecule has 2 N–H and O–H groups in total. The van der Waals surface area contributed by atoms with Gasteiger partial charge in [-0.15, -0.1) is 0 Å². The molecule has 31 heavy (non-hydrogen) atoms. The first-order valence-corrected chi connectivity index (χ1v) is 12.1. The van der Waals surface area contributed by atoms with Crippen LogP contribution in [0.1, 0.15) is 37.3 Å². The summed E-state index contributed by atoms with van der Waals surface area (Å²) < 4.78 is 0.769. The van der Waals surface area contributed by atoms with Crippen molar-refractivity contribution >= 4 is 5.69 Å². The molecule has 4 heteroatoms. The van der Waals surface area contributed by atoms with Gasteiger partial charge in [-0.05, 0) is 24.0 Å². The number of benzene rings is 2. The maximum atomic E-state index is 12.1. The molecule has 4 saturated heterocycles. The molecule has 162 valence electrons. The smallest absolute Gasteiger partial charge is 0.194 e. The van der Waals surface area contributed by atoms with Crippen LogP contribution in [0.15, 0.2) is 54.6 Å². The van der Waals surface area contributed by atoms with Gasteiger partial charge in [0.1, 0.15) is 12.6 Å². The highest BCUT2D eigenvalue weighted by Gasteiger charge is 2.82. The predicted octanol–water partition coefficient (Wildman–Crippen LogP) is 3.27. The summed E-state index contributed by atoms with van der Waals surface area (Å²) in [7, 11) is 2.23. The number of hydrogen-bond acceptors (Lipinski definition) is 3. The summed E-state index contributed by atoms with van der Waals surface area (Å²) in [6, 6.07) is 20.5. The van der Waals surface area contributed by atoms with Crippen LogP contribution in [0.4, 0.5) is 5.69 Å². The van der Waals surface area contributed by atoms with Gasteiger partial charge in [-0.2, -0.15) is 0 Å². The van der Waals surface area contributed by atoms with Crippen molar-refractivity contribution < 1.29 is 14.7 Å². The van der Waals surface area contributed by atoms with Crippen LogP contribution in [0.25, 0.3) is 0 Å². The van der Waals surface area contributed by atoms with Gasteiger partial charge in [0, 0.05) is 43.0 Å². The van der Waals surface area contributed by atoms with Crippen molar-refractivity contribution in [3.05, 3.63) is 65.7 Å². The van der Waals surface area contributed by atoms with E-state index >= 15 is 0 Å². The van der Waals surface area contributed by atoms with Gasteiger partial charge < -0.3 is 15.1 Å². The normalized spacial score (nSPS) is 48.2. The number of anilines is 1. The highest BCUT2D eigenvalue weighted by molar-refractivity contribution is 5.66. The van der Waals surface area contributed by atoms with Crippen molar-refractivity contribution in [2.75, 3.05) is 11.9 Å². The molecule has 4 unspecified atom stereocenters. The minimum atomic E-state index is -0.337. The molecule has 2 aromatic rings. The number of hydrogen-bond donors (Lipinski definition) is 2. The molecule has 1 spiro atoms. The van der Waals surface area contributed by atoms with Crippen molar-refractivity contribution in [2.24, 2.45) is 17.8 Å². The maximum Gasteiger partial charge on any atom is 0.194 e. The van der Waals surface area contributed by atoms with Crippen molar-refractivity contribution in [1.29, 1.82) is 0 Å². The minimum absolute atomic E-state index is 0.180. The number of rotatable bonds is 3. The van der Waals surface area contributed by atoms with E-state index in [4.69, 9.17) is 0 Å². The third kappa shape index (κ3) is 1.88. The molecule has 6 aliphatic rings. The molecule has 0 radical (unpaired) electrons. The molecule has 4 nitrogen and oxygen atoms in total. The Morgan fingerprint density at radius 2 is 1.77 bits per heavy atom. The lowest BCUT2D eigenvalue weighted by molar-refractivity contribution is -1.05. The summed E-state index contributed by atoms with van der Waals surface area (Å²) in [6.07, 6.45) is 2.47. The van der Waals surface area contributed by atoms with Gasteiger partial charge in [0.2, 0.25) is 0 Å². The highest BCUT2D eigenvalue weighted by atomic mass is 16.3. The van der Waals surface area contributed by atoms with E-state index in [1.54, 1.807) is 0 Å². The van der Waals surface area contributed by atoms with Crippen LogP contribution in [0, 0.1) is 17.8 Å². The summed E-state index contributed by atoms with van der Waals surface area (Å²) in [4.78, 5) is 2.47. The molecule has 5 heterocycles. The number of fused-ring (bicyclic) bond motifs is 2. The summed E-state index contributed by atoms with van der Waals surface area (Å²) in [6.45, 7) is 3.11. The van der Waals surface area contributed by atoms with Crippen LogP contribution in [0.5, 0.6) is 0 Å². The molecular weight excluding hydrogens is 384 g/mol. The van der Waals surface area contributed by atoms with Crippen LogP contribution in [-0.2, 0) is 12.0 Å². The maximum absolute atomic E-state index is 12.1. The Hall–Kier alpha value is -1.88. The van der Waals surface area contributed by atoms with E-state index in [2.05, 4.69) is 73.5 Å². The van der Waals surface area contributed by atoms with Crippen LogP contribution in [0.3, 0.4) is 0 Å². The lowest BCUT2D eigenvalue weighted by Crippen LogP contribution is -2.82. The van der Waals surface area contributed by atoms with E-state index in [-0.39, 0.29) is 35.6 Å². The second kappa shape index (κ2) is 5.92. The molecule has 5 fully saturated rings. The van der Waals surface area contributed by atoms with Gasteiger partial charge in [0.05, 0.1) is 23.6 Å². The SMILES string of the molecule is CC[C@H]1C2C[C@H]3[C@@H]4N(C)c5ccccc5C45C[C@@H](C2C5O)[N@@+]3(Cc2ccccc2)[C@@H]1O. The van der Waals surface area contributed by atoms with E-state index in [9.17, 15) is 10.2 Å². The lowest BCUT2D eigenvalue weighted by Gasteiger charge is -2.68. The average Bonchev–Trinajstić information content (AvgIpc) is 3.18. The zero-order chi connectivity index (χ0) is 21.1. The first kappa shape index (κ1) is 18.7. The molecule has 5 bridgehead atoms. The summed E-state index contributed by atoms with van der Waals surface area (Å²) in [5.74, 6) is 1.01. The number of nitrogens with zero attached hydrogens (tertiary/aromatic N) is 2. The zero-order valence-electron chi connectivity index (χ0n) is 18.4. The first-order valence-electron chi connectivity index (χ1n) is 12.1. The van der Waals surface area contributed by atoms with Gasteiger partial charge in [-0.1, -0.05) is 55.5 Å². The number of likely N-dealkylation sites (N-methyl/N-ethyl adjacent to an activating group) is 1. The lowest BCUT2D eigenvalue weighted by atomic mass is 9.60. The van der Waals surface area contributed by atoms with E-state index in [0.29, 0.717) is 18.0 Å². The second-order valence-electron chi connectivity index (χ2n) is 11.0. The quantitative estimate of drug-likeness (QED) is 0.754. The van der Waals surface area contributed by atoms with Crippen LogP contribution < -0.4 is 4.90 Å². The zero-order valence-corrected chi connectivity index (χ0v) is 18.4. The molecule has 2 aromatic carbocycles. The highest BCUT2D eigenvalue weighted by Crippen LogP contribution is 2.71. The Labute approximate surface area is 184 Å². The number of piperidine rings is 4. The summed E-state index contributed by atoms with van der Waals surface area (Å²) in [5, 5.41) is 24.1. The third-order valence-corrected chi connectivity index (χ3v) is 10.4. The van der Waals surface area contributed by atoms with Crippen molar-refractivity contribution in [3.8, 4) is 0 Å². The fourth-order valence-electron chi connectivity index (χ4n) is 9.60. The molecular formula is C27H33N2O2+. The van der Waals surface area contributed by atoms with E-state index in [1.807, 2.05) is 0 Å². The Balaban J connectivity index is 1.47. The predicted molar refractivity (Wildman–Crippen MR) is 120 cm³/mol. The Kier molecular flexibility index (Phi) is 3.56. The van der Waals surface area contributed by atoms with Gasteiger partial charge in [0.15, 0.2) is 6.23 Å². The van der Waals surface area contributed by atoms with Gasteiger partial charge in [-0.3, -0.25) is 4.48 Å². The van der Waals surface area contributed by atoms with Crippen molar-refractivity contribution in [1.82, 2.24) is 0 Å². The largest absolute Gasteiger partial charge is 0.392 e. The molecule has 0 amide bonds. The van der Waals surface area contributed by atoms with Crippen LogP contribution in [-0.4, -0.2) is 52.2 Å². The summed E-state index contributed by atoms with van der Waals surface area (Å²) >= 11 is 0. The van der Waals surface area contributed by atoms with Gasteiger partial charge in [-0.25, -0.2) is 0 Å². The topological polar surface area (TPSA) is 43.7 Å². The molecule has 1 saturated carbocycles. The Morgan fingerprint density at radius 3 is 2.55 bits per heavy atom. The second-order valence-corrected chi connectivity index (χ2v) is 11.0. The minimum Gasteiger partial charge on any atom is -0.392 e.